The lowest BCUT2D eigenvalue weighted by atomic mass is 10.2. The maximum atomic E-state index is 11.9. The van der Waals surface area contributed by atoms with E-state index in [1.54, 1.807) is 30.3 Å². The summed E-state index contributed by atoms with van der Waals surface area (Å²) in [6.07, 6.45) is 0.908. The first-order chi connectivity index (χ1) is 12.0. The van der Waals surface area contributed by atoms with Crippen LogP contribution < -0.4 is 15.5 Å². The summed E-state index contributed by atoms with van der Waals surface area (Å²) in [4.78, 5) is 23.6. The third-order valence-electron chi connectivity index (χ3n) is 3.38. The van der Waals surface area contributed by atoms with Crippen LogP contribution in [0.25, 0.3) is 0 Å². The molecule has 7 nitrogen and oxygen atoms in total. The first-order valence-corrected chi connectivity index (χ1v) is 7.54. The van der Waals surface area contributed by atoms with Gasteiger partial charge in [0.2, 0.25) is 11.8 Å². The van der Waals surface area contributed by atoms with Crippen molar-refractivity contribution in [2.24, 2.45) is 5.10 Å². The Labute approximate surface area is 145 Å². The number of phenolic OH excluding ortho intramolecular Hbond substituents is 1. The quantitative estimate of drug-likeness (QED) is 0.426. The molecule has 25 heavy (non-hydrogen) atoms. The number of nitrogens with zero attached hydrogens (tertiary/aromatic N) is 1. The van der Waals surface area contributed by atoms with Gasteiger partial charge in [-0.05, 0) is 30.7 Å². The Hall–Kier alpha value is -3.35. The van der Waals surface area contributed by atoms with Crippen molar-refractivity contribution in [3.63, 3.8) is 0 Å². The number of hydrogen-bond acceptors (Lipinski definition) is 5. The molecular formula is C18H19N3O4. The molecule has 0 aliphatic heterocycles. The first-order valence-electron chi connectivity index (χ1n) is 7.54. The van der Waals surface area contributed by atoms with Gasteiger partial charge in [-0.2, -0.15) is 5.10 Å². The zero-order valence-corrected chi connectivity index (χ0v) is 13.9. The topological polar surface area (TPSA) is 100 Å². The highest BCUT2D eigenvalue weighted by atomic mass is 16.5. The molecule has 0 bridgehead atoms. The van der Waals surface area contributed by atoms with Crippen molar-refractivity contribution in [2.75, 3.05) is 12.4 Å². The number of nitrogens with one attached hydrogen (secondary N) is 2. The number of amides is 2. The number of carbonyl (C=O) groups excluding carboxylic acids is 2. The fourth-order valence-corrected chi connectivity index (χ4v) is 2.07. The fourth-order valence-electron chi connectivity index (χ4n) is 2.07. The van der Waals surface area contributed by atoms with Gasteiger partial charge in [0.25, 0.3) is 0 Å². The number of ether oxygens (including phenoxy) is 1. The molecule has 0 aliphatic carbocycles. The van der Waals surface area contributed by atoms with Crippen LogP contribution in [0.3, 0.4) is 0 Å². The van der Waals surface area contributed by atoms with E-state index >= 15 is 0 Å². The van der Waals surface area contributed by atoms with E-state index in [0.29, 0.717) is 17.0 Å². The molecule has 0 aromatic heterocycles. The summed E-state index contributed by atoms with van der Waals surface area (Å²) >= 11 is 0. The zero-order chi connectivity index (χ0) is 18.2. The van der Waals surface area contributed by atoms with E-state index in [1.165, 1.54) is 13.3 Å². The number of aryl methyl sites for hydroxylation is 1. The second kappa shape index (κ2) is 8.49. The monoisotopic (exact) mass is 341 g/mol. The smallest absolute Gasteiger partial charge is 0.249 e. The van der Waals surface area contributed by atoms with Crippen LogP contribution in [0.5, 0.6) is 11.5 Å². The molecule has 0 fully saturated rings. The van der Waals surface area contributed by atoms with Gasteiger partial charge in [-0.25, -0.2) is 5.43 Å². The van der Waals surface area contributed by atoms with Crippen molar-refractivity contribution in [1.82, 2.24) is 5.43 Å². The number of hydrazone groups is 1. The molecule has 2 rings (SSSR count). The van der Waals surface area contributed by atoms with E-state index in [-0.39, 0.29) is 12.2 Å². The molecule has 7 heteroatoms. The van der Waals surface area contributed by atoms with Gasteiger partial charge in [0, 0.05) is 11.3 Å². The summed E-state index contributed by atoms with van der Waals surface area (Å²) < 4.78 is 4.98. The van der Waals surface area contributed by atoms with Gasteiger partial charge in [0.1, 0.15) is 6.42 Å². The highest BCUT2D eigenvalue weighted by Gasteiger charge is 2.10. The Kier molecular flexibility index (Phi) is 6.11. The molecule has 2 aromatic carbocycles. The minimum Gasteiger partial charge on any atom is -0.504 e. The predicted octanol–water partition coefficient (Wildman–Crippen LogP) is 2.19. The van der Waals surface area contributed by atoms with E-state index in [4.69, 9.17) is 4.74 Å². The second-order valence-corrected chi connectivity index (χ2v) is 5.23. The van der Waals surface area contributed by atoms with Gasteiger partial charge in [-0.15, -0.1) is 0 Å². The maximum Gasteiger partial charge on any atom is 0.249 e. The zero-order valence-electron chi connectivity index (χ0n) is 13.9. The van der Waals surface area contributed by atoms with Gasteiger partial charge in [-0.1, -0.05) is 24.3 Å². The van der Waals surface area contributed by atoms with E-state index in [9.17, 15) is 14.7 Å². The number of hydrogen-bond donors (Lipinski definition) is 3. The molecule has 2 amide bonds. The molecule has 3 N–H and O–H groups in total. The number of anilines is 1. The average Bonchev–Trinajstić information content (AvgIpc) is 2.58. The minimum absolute atomic E-state index is 0.0831. The second-order valence-electron chi connectivity index (χ2n) is 5.23. The van der Waals surface area contributed by atoms with Crippen LogP contribution in [0.15, 0.2) is 47.6 Å². The van der Waals surface area contributed by atoms with Crippen molar-refractivity contribution in [2.45, 2.75) is 13.3 Å². The maximum absolute atomic E-state index is 11.9. The Morgan fingerprint density at radius 3 is 2.64 bits per heavy atom. The molecule has 0 aliphatic rings. The highest BCUT2D eigenvalue weighted by Crippen LogP contribution is 2.27. The first kappa shape index (κ1) is 18.0. The minimum atomic E-state index is -0.565. The highest BCUT2D eigenvalue weighted by molar-refractivity contribution is 6.04. The molecule has 0 saturated heterocycles. The Morgan fingerprint density at radius 1 is 1.16 bits per heavy atom. The summed E-state index contributed by atoms with van der Waals surface area (Å²) in [5.41, 5.74) is 4.19. The van der Waals surface area contributed by atoms with Gasteiger partial charge in [0.05, 0.1) is 13.3 Å². The average molecular weight is 341 g/mol. The molecule has 0 atom stereocenters. The van der Waals surface area contributed by atoms with E-state index in [1.807, 2.05) is 19.1 Å². The van der Waals surface area contributed by atoms with Gasteiger partial charge in [0.15, 0.2) is 11.5 Å². The summed E-state index contributed by atoms with van der Waals surface area (Å²) in [5.74, 6) is -0.788. The molecule has 0 unspecified atom stereocenters. The van der Waals surface area contributed by atoms with Crippen LogP contribution in [0.2, 0.25) is 0 Å². The Morgan fingerprint density at radius 2 is 1.92 bits per heavy atom. The number of para-hydroxylation sites is 2. The summed E-state index contributed by atoms with van der Waals surface area (Å²) in [5, 5.41) is 16.3. The van der Waals surface area contributed by atoms with Crippen LogP contribution in [0.1, 0.15) is 17.5 Å². The molecule has 0 radical (unpaired) electrons. The van der Waals surface area contributed by atoms with Crippen molar-refractivity contribution < 1.29 is 19.4 Å². The standard InChI is InChI=1S/C18H19N3O4/c1-12-6-3-4-8-14(12)20-16(22)10-17(23)21-19-11-13-7-5-9-15(25-2)18(13)24/h3-9,11,24H,10H2,1-2H3,(H,20,22)(H,21,23)/b19-11+. The Bertz CT molecular complexity index is 803. The molecule has 0 saturated carbocycles. The molecule has 2 aromatic rings. The normalized spacial score (nSPS) is 10.5. The summed E-state index contributed by atoms with van der Waals surface area (Å²) in [7, 11) is 1.44. The van der Waals surface area contributed by atoms with Crippen LogP contribution >= 0.6 is 0 Å². The molecule has 130 valence electrons. The molecule has 0 heterocycles. The van der Waals surface area contributed by atoms with Gasteiger partial charge < -0.3 is 15.2 Å². The fraction of sp³-hybridized carbons (Fsp3) is 0.167. The molecule has 0 spiro atoms. The van der Waals surface area contributed by atoms with Crippen molar-refractivity contribution in [3.05, 3.63) is 53.6 Å². The van der Waals surface area contributed by atoms with E-state index < -0.39 is 11.8 Å². The predicted molar refractivity (Wildman–Crippen MR) is 94.8 cm³/mol. The summed E-state index contributed by atoms with van der Waals surface area (Å²) in [6, 6.07) is 12.2. The van der Waals surface area contributed by atoms with Crippen LogP contribution in [-0.2, 0) is 9.59 Å². The van der Waals surface area contributed by atoms with Crippen LogP contribution in [0, 0.1) is 6.92 Å². The number of aromatic hydroxyl groups is 1. The lowest BCUT2D eigenvalue weighted by Crippen LogP contribution is -2.24. The summed E-state index contributed by atoms with van der Waals surface area (Å²) in [6.45, 7) is 1.86. The third-order valence-corrected chi connectivity index (χ3v) is 3.38. The SMILES string of the molecule is COc1cccc(/C=N/NC(=O)CC(=O)Nc2ccccc2C)c1O. The Balaban J connectivity index is 1.88. The lowest BCUT2D eigenvalue weighted by Gasteiger charge is -2.07. The van der Waals surface area contributed by atoms with Gasteiger partial charge in [-0.3, -0.25) is 9.59 Å². The molecular weight excluding hydrogens is 322 g/mol. The third kappa shape index (κ3) is 5.07. The number of phenols is 1. The largest absolute Gasteiger partial charge is 0.504 e. The van der Waals surface area contributed by atoms with Crippen molar-refractivity contribution >= 4 is 23.7 Å². The van der Waals surface area contributed by atoms with Crippen LogP contribution in [0.4, 0.5) is 5.69 Å². The van der Waals surface area contributed by atoms with Crippen LogP contribution in [-0.4, -0.2) is 30.2 Å². The van der Waals surface area contributed by atoms with E-state index in [2.05, 4.69) is 15.8 Å². The number of carbonyl (C=O) groups is 2. The van der Waals surface area contributed by atoms with Gasteiger partial charge >= 0.3 is 0 Å². The number of methoxy groups -OCH3 is 1. The lowest BCUT2D eigenvalue weighted by molar-refractivity contribution is -0.126. The van der Waals surface area contributed by atoms with Crippen molar-refractivity contribution in [3.8, 4) is 11.5 Å². The van der Waals surface area contributed by atoms with E-state index in [0.717, 1.165) is 5.56 Å². The number of rotatable bonds is 6. The number of benzene rings is 2. The van der Waals surface area contributed by atoms with Crippen molar-refractivity contribution in [1.29, 1.82) is 0 Å².